The second kappa shape index (κ2) is 9.21. The summed E-state index contributed by atoms with van der Waals surface area (Å²) in [5, 5.41) is 3.38. The Bertz CT molecular complexity index is 685. The van der Waals surface area contributed by atoms with Crippen LogP contribution in [0.5, 0.6) is 5.75 Å². The van der Waals surface area contributed by atoms with E-state index >= 15 is 0 Å². The van der Waals surface area contributed by atoms with Crippen LogP contribution in [0, 0.1) is 0 Å². The molecule has 4 nitrogen and oxygen atoms in total. The summed E-state index contributed by atoms with van der Waals surface area (Å²) in [5.41, 5.74) is 2.05. The lowest BCUT2D eigenvalue weighted by molar-refractivity contribution is -0.153. The first-order valence-corrected chi connectivity index (χ1v) is 8.14. The summed E-state index contributed by atoms with van der Waals surface area (Å²) >= 11 is 0. The summed E-state index contributed by atoms with van der Waals surface area (Å²) in [4.78, 5) is 6.48. The number of ether oxygens (including phenoxy) is 1. The molecule has 0 bridgehead atoms. The molecule has 26 heavy (non-hydrogen) atoms. The summed E-state index contributed by atoms with van der Waals surface area (Å²) in [7, 11) is 0. The Morgan fingerprint density at radius 1 is 1.23 bits per heavy atom. The van der Waals surface area contributed by atoms with Crippen LogP contribution in [-0.4, -0.2) is 42.3 Å². The number of halogens is 4. The number of benzene rings is 1. The molecule has 0 aliphatic carbocycles. The number of nitrogens with zero attached hydrogens (tertiary/aromatic N) is 2. The standard InChI is InChI=1S/C18H20F3N3O.ClH/c19-18(20,21)13-25-16-5-1-3-14(9-16)12-24-8-7-23-11-17(24)15-4-2-6-22-10-15;/h1-6,9-10,17,23H,7-8,11-13H2;1H. The van der Waals surface area contributed by atoms with Gasteiger partial charge in [0.15, 0.2) is 6.61 Å². The number of nitrogens with one attached hydrogen (secondary N) is 1. The Morgan fingerprint density at radius 2 is 2.08 bits per heavy atom. The molecule has 1 aliphatic rings. The summed E-state index contributed by atoms with van der Waals surface area (Å²) in [6.45, 7) is 1.91. The Labute approximate surface area is 156 Å². The molecule has 1 aliphatic heterocycles. The van der Waals surface area contributed by atoms with Crippen LogP contribution in [0.15, 0.2) is 48.8 Å². The fourth-order valence-corrected chi connectivity index (χ4v) is 2.97. The van der Waals surface area contributed by atoms with Gasteiger partial charge in [-0.3, -0.25) is 9.88 Å². The maximum atomic E-state index is 12.3. The zero-order valence-electron chi connectivity index (χ0n) is 14.1. The van der Waals surface area contributed by atoms with Gasteiger partial charge in [-0.2, -0.15) is 13.2 Å². The summed E-state index contributed by atoms with van der Waals surface area (Å²) in [6.07, 6.45) is -0.737. The lowest BCUT2D eigenvalue weighted by Crippen LogP contribution is -2.45. The molecule has 0 amide bonds. The molecule has 1 saturated heterocycles. The molecule has 3 rings (SSSR count). The van der Waals surface area contributed by atoms with Gasteiger partial charge >= 0.3 is 6.18 Å². The van der Waals surface area contributed by atoms with Crippen LogP contribution in [0.1, 0.15) is 17.2 Å². The lowest BCUT2D eigenvalue weighted by atomic mass is 10.0. The first-order valence-electron chi connectivity index (χ1n) is 8.14. The number of rotatable bonds is 5. The van der Waals surface area contributed by atoms with Gasteiger partial charge in [0.1, 0.15) is 5.75 Å². The third-order valence-corrected chi connectivity index (χ3v) is 4.11. The van der Waals surface area contributed by atoms with Crippen molar-refractivity contribution in [3.05, 3.63) is 59.9 Å². The van der Waals surface area contributed by atoms with E-state index in [0.29, 0.717) is 6.54 Å². The molecule has 1 aromatic heterocycles. The van der Waals surface area contributed by atoms with E-state index in [1.807, 2.05) is 24.4 Å². The Kier molecular flexibility index (Phi) is 7.25. The molecule has 2 heterocycles. The molecule has 0 saturated carbocycles. The van der Waals surface area contributed by atoms with Crippen molar-refractivity contribution in [2.24, 2.45) is 0 Å². The second-order valence-electron chi connectivity index (χ2n) is 6.03. The van der Waals surface area contributed by atoms with Crippen molar-refractivity contribution in [2.75, 3.05) is 26.2 Å². The van der Waals surface area contributed by atoms with E-state index in [4.69, 9.17) is 4.74 Å². The first kappa shape index (κ1) is 20.5. The Balaban J connectivity index is 0.00000243. The number of hydrogen-bond acceptors (Lipinski definition) is 4. The van der Waals surface area contributed by atoms with E-state index in [0.717, 1.165) is 30.8 Å². The van der Waals surface area contributed by atoms with Gasteiger partial charge in [0, 0.05) is 44.6 Å². The maximum Gasteiger partial charge on any atom is 0.422 e. The van der Waals surface area contributed by atoms with E-state index in [-0.39, 0.29) is 24.2 Å². The summed E-state index contributed by atoms with van der Waals surface area (Å²) in [6, 6.07) is 11.0. The van der Waals surface area contributed by atoms with Gasteiger partial charge in [-0.15, -0.1) is 12.4 Å². The van der Waals surface area contributed by atoms with Gasteiger partial charge < -0.3 is 10.1 Å². The molecule has 142 valence electrons. The van der Waals surface area contributed by atoms with Crippen molar-refractivity contribution < 1.29 is 17.9 Å². The Morgan fingerprint density at radius 3 is 2.81 bits per heavy atom. The number of piperazine rings is 1. The van der Waals surface area contributed by atoms with Gasteiger partial charge in [0.05, 0.1) is 0 Å². The van der Waals surface area contributed by atoms with Crippen LogP contribution in [0.2, 0.25) is 0 Å². The van der Waals surface area contributed by atoms with Gasteiger partial charge in [-0.05, 0) is 29.3 Å². The van der Waals surface area contributed by atoms with Crippen LogP contribution >= 0.6 is 12.4 Å². The molecule has 1 unspecified atom stereocenters. The molecule has 0 radical (unpaired) electrons. The third-order valence-electron chi connectivity index (χ3n) is 4.11. The molecular formula is C18H21ClF3N3O. The van der Waals surface area contributed by atoms with Crippen LogP contribution in [0.4, 0.5) is 13.2 Å². The van der Waals surface area contributed by atoms with Crippen LogP contribution in [0.3, 0.4) is 0 Å². The molecule has 1 aromatic carbocycles. The zero-order chi connectivity index (χ0) is 17.7. The van der Waals surface area contributed by atoms with Gasteiger partial charge in [-0.25, -0.2) is 0 Å². The highest BCUT2D eigenvalue weighted by molar-refractivity contribution is 5.85. The average molecular weight is 388 g/mol. The minimum atomic E-state index is -4.33. The Hall–Kier alpha value is -1.83. The van der Waals surface area contributed by atoms with Crippen LogP contribution in [0.25, 0.3) is 0 Å². The average Bonchev–Trinajstić information content (AvgIpc) is 2.61. The third kappa shape index (κ3) is 5.86. The number of aromatic nitrogens is 1. The van der Waals surface area contributed by atoms with Crippen molar-refractivity contribution in [2.45, 2.75) is 18.8 Å². The topological polar surface area (TPSA) is 37.4 Å². The lowest BCUT2D eigenvalue weighted by Gasteiger charge is -2.36. The minimum absolute atomic E-state index is 0. The molecule has 2 aromatic rings. The van der Waals surface area contributed by atoms with E-state index in [2.05, 4.69) is 15.2 Å². The van der Waals surface area contributed by atoms with E-state index in [1.54, 1.807) is 24.4 Å². The van der Waals surface area contributed by atoms with E-state index in [9.17, 15) is 13.2 Å². The fourth-order valence-electron chi connectivity index (χ4n) is 2.97. The number of alkyl halides is 3. The van der Waals surface area contributed by atoms with Crippen molar-refractivity contribution >= 4 is 12.4 Å². The summed E-state index contributed by atoms with van der Waals surface area (Å²) in [5.74, 6) is 0.239. The highest BCUT2D eigenvalue weighted by atomic mass is 35.5. The molecule has 1 fully saturated rings. The molecular weight excluding hydrogens is 367 g/mol. The normalized spacial score (nSPS) is 18.2. The molecule has 0 spiro atoms. The van der Waals surface area contributed by atoms with Crippen LogP contribution in [-0.2, 0) is 6.54 Å². The number of pyridine rings is 1. The number of hydrogen-bond donors (Lipinski definition) is 1. The van der Waals surface area contributed by atoms with Crippen molar-refractivity contribution in [1.82, 2.24) is 15.2 Å². The van der Waals surface area contributed by atoms with Crippen molar-refractivity contribution in [3.63, 3.8) is 0 Å². The highest BCUT2D eigenvalue weighted by Gasteiger charge is 2.28. The monoisotopic (exact) mass is 387 g/mol. The largest absolute Gasteiger partial charge is 0.484 e. The van der Waals surface area contributed by atoms with Gasteiger partial charge in [0.25, 0.3) is 0 Å². The maximum absolute atomic E-state index is 12.3. The summed E-state index contributed by atoms with van der Waals surface area (Å²) < 4.78 is 41.8. The zero-order valence-corrected chi connectivity index (χ0v) is 14.9. The molecule has 1 atom stereocenters. The molecule has 1 N–H and O–H groups in total. The van der Waals surface area contributed by atoms with Crippen molar-refractivity contribution in [1.29, 1.82) is 0 Å². The molecule has 8 heteroatoms. The first-order chi connectivity index (χ1) is 12.0. The van der Waals surface area contributed by atoms with E-state index in [1.165, 1.54) is 0 Å². The predicted octanol–water partition coefficient (Wildman–Crippen LogP) is 3.59. The van der Waals surface area contributed by atoms with E-state index < -0.39 is 12.8 Å². The van der Waals surface area contributed by atoms with Gasteiger partial charge in [-0.1, -0.05) is 18.2 Å². The van der Waals surface area contributed by atoms with Crippen molar-refractivity contribution in [3.8, 4) is 5.75 Å². The van der Waals surface area contributed by atoms with Gasteiger partial charge in [0.2, 0.25) is 0 Å². The highest BCUT2D eigenvalue weighted by Crippen LogP contribution is 2.25. The fraction of sp³-hybridized carbons (Fsp3) is 0.389. The SMILES string of the molecule is Cl.FC(F)(F)COc1cccc(CN2CCNCC2c2cccnc2)c1. The minimum Gasteiger partial charge on any atom is -0.484 e. The predicted molar refractivity (Wildman–Crippen MR) is 95.5 cm³/mol. The smallest absolute Gasteiger partial charge is 0.422 e. The van der Waals surface area contributed by atoms with Crippen LogP contribution < -0.4 is 10.1 Å². The second-order valence-corrected chi connectivity index (χ2v) is 6.03. The quantitative estimate of drug-likeness (QED) is 0.850.